The number of carbonyl (C=O) groups is 2. The second-order valence-corrected chi connectivity index (χ2v) is 10.6. The third kappa shape index (κ3) is 4.77. The number of rotatable bonds is 5. The molecule has 2 heterocycles. The average Bonchev–Trinajstić information content (AvgIpc) is 3.27. The number of hydrogen-bond acceptors (Lipinski definition) is 5. The van der Waals surface area contributed by atoms with Gasteiger partial charge >= 0.3 is 12.1 Å². The van der Waals surface area contributed by atoms with Gasteiger partial charge in [0.15, 0.2) is 0 Å². The Morgan fingerprint density at radius 2 is 1.91 bits per heavy atom. The molecule has 2 aliphatic carbocycles. The van der Waals surface area contributed by atoms with Crippen LogP contribution < -0.4 is 0 Å². The molecule has 1 aromatic carbocycles. The summed E-state index contributed by atoms with van der Waals surface area (Å²) in [5.41, 5.74) is 4.42. The summed E-state index contributed by atoms with van der Waals surface area (Å²) in [6.07, 6.45) is 8.53. The Hall–Kier alpha value is -2.61. The minimum Gasteiger partial charge on any atom is -0.481 e. The molecule has 190 valence electrons. The van der Waals surface area contributed by atoms with Gasteiger partial charge in [-0.15, -0.1) is 0 Å². The van der Waals surface area contributed by atoms with Crippen LogP contribution in [0, 0.1) is 11.8 Å². The third-order valence-electron chi connectivity index (χ3n) is 8.54. The van der Waals surface area contributed by atoms with Crippen LogP contribution in [0.3, 0.4) is 0 Å². The second-order valence-electron chi connectivity index (χ2n) is 10.6. The number of nitrogens with zero attached hydrogens (tertiary/aromatic N) is 3. The number of amides is 1. The number of carbonyl (C=O) groups excluding carboxylic acids is 1. The number of carboxylic acid groups (broad SMARTS) is 1. The normalized spacial score (nSPS) is 27.0. The number of methoxy groups -OCH3 is 2. The van der Waals surface area contributed by atoms with E-state index in [4.69, 9.17) is 14.5 Å². The SMILES string of the molecule is COC(=O)N1CCc2ccc3c(nc([C@@H]4CCC[C@@H](C(=O)O)C4)n3CC3CCC(OC)CC3)c2C1. The molecule has 35 heavy (non-hydrogen) atoms. The molecular formula is C27H37N3O5. The summed E-state index contributed by atoms with van der Waals surface area (Å²) in [7, 11) is 3.22. The van der Waals surface area contributed by atoms with Crippen molar-refractivity contribution >= 4 is 23.1 Å². The van der Waals surface area contributed by atoms with Crippen LogP contribution >= 0.6 is 0 Å². The molecule has 0 unspecified atom stereocenters. The molecule has 0 spiro atoms. The van der Waals surface area contributed by atoms with Crippen molar-refractivity contribution in [3.63, 3.8) is 0 Å². The highest BCUT2D eigenvalue weighted by Gasteiger charge is 2.33. The molecule has 0 radical (unpaired) electrons. The molecule has 1 amide bonds. The zero-order valence-electron chi connectivity index (χ0n) is 20.9. The van der Waals surface area contributed by atoms with Crippen LogP contribution in [-0.2, 0) is 33.8 Å². The third-order valence-corrected chi connectivity index (χ3v) is 8.54. The summed E-state index contributed by atoms with van der Waals surface area (Å²) in [6, 6.07) is 4.38. The molecule has 0 bridgehead atoms. The highest BCUT2D eigenvalue weighted by Crippen LogP contribution is 2.40. The van der Waals surface area contributed by atoms with Crippen molar-refractivity contribution in [1.29, 1.82) is 0 Å². The number of ether oxygens (including phenoxy) is 2. The maximum Gasteiger partial charge on any atom is 0.409 e. The van der Waals surface area contributed by atoms with E-state index < -0.39 is 5.97 Å². The Morgan fingerprint density at radius 3 is 2.63 bits per heavy atom. The first-order valence-corrected chi connectivity index (χ1v) is 13.1. The molecule has 2 atom stereocenters. The van der Waals surface area contributed by atoms with E-state index in [1.807, 2.05) is 0 Å². The minimum atomic E-state index is -0.693. The molecule has 2 saturated carbocycles. The van der Waals surface area contributed by atoms with Gasteiger partial charge in [-0.2, -0.15) is 0 Å². The fourth-order valence-corrected chi connectivity index (χ4v) is 6.49. The summed E-state index contributed by atoms with van der Waals surface area (Å²) < 4.78 is 13.0. The van der Waals surface area contributed by atoms with Gasteiger partial charge in [-0.25, -0.2) is 9.78 Å². The summed E-state index contributed by atoms with van der Waals surface area (Å²) in [5.74, 6) is 0.732. The molecule has 1 aliphatic heterocycles. The molecule has 8 heteroatoms. The molecule has 0 saturated heterocycles. The molecule has 2 fully saturated rings. The molecule has 1 N–H and O–H groups in total. The quantitative estimate of drug-likeness (QED) is 0.661. The Balaban J connectivity index is 1.53. The van der Waals surface area contributed by atoms with Crippen LogP contribution in [0.25, 0.3) is 11.0 Å². The topological polar surface area (TPSA) is 93.9 Å². The minimum absolute atomic E-state index is 0.142. The van der Waals surface area contributed by atoms with Gasteiger partial charge in [0, 0.05) is 31.7 Å². The maximum absolute atomic E-state index is 12.3. The summed E-state index contributed by atoms with van der Waals surface area (Å²) in [5, 5.41) is 9.70. The largest absolute Gasteiger partial charge is 0.481 e. The standard InChI is InChI=1S/C27H37N3O5/c1-34-21-9-6-17(7-10-21)15-30-23-11-8-18-12-13-29(27(33)35-2)16-22(18)24(23)28-25(30)19-4-3-5-20(14-19)26(31)32/h8,11,17,19-21H,3-7,9-10,12-16H2,1-2H3,(H,31,32)/t17?,19-,20-,21?/m1/s1. The van der Waals surface area contributed by atoms with Crippen molar-refractivity contribution in [2.75, 3.05) is 20.8 Å². The van der Waals surface area contributed by atoms with Gasteiger partial charge in [0.2, 0.25) is 0 Å². The van der Waals surface area contributed by atoms with E-state index in [-0.39, 0.29) is 17.9 Å². The molecule has 3 aliphatic rings. The maximum atomic E-state index is 12.3. The molecule has 1 aromatic heterocycles. The van der Waals surface area contributed by atoms with E-state index >= 15 is 0 Å². The lowest BCUT2D eigenvalue weighted by Crippen LogP contribution is -2.35. The van der Waals surface area contributed by atoms with Crippen molar-refractivity contribution in [3.8, 4) is 0 Å². The van der Waals surface area contributed by atoms with Gasteiger partial charge in [0.1, 0.15) is 5.82 Å². The lowest BCUT2D eigenvalue weighted by Gasteiger charge is -2.30. The number of fused-ring (bicyclic) bond motifs is 3. The monoisotopic (exact) mass is 483 g/mol. The summed E-state index contributed by atoms with van der Waals surface area (Å²) >= 11 is 0. The van der Waals surface area contributed by atoms with Crippen molar-refractivity contribution in [2.24, 2.45) is 11.8 Å². The van der Waals surface area contributed by atoms with Gasteiger partial charge < -0.3 is 24.0 Å². The fourth-order valence-electron chi connectivity index (χ4n) is 6.49. The van der Waals surface area contributed by atoms with E-state index in [0.717, 1.165) is 80.3 Å². The molecular weight excluding hydrogens is 446 g/mol. The van der Waals surface area contributed by atoms with Gasteiger partial charge in [-0.3, -0.25) is 4.79 Å². The van der Waals surface area contributed by atoms with Crippen molar-refractivity contribution in [2.45, 2.75) is 82.9 Å². The highest BCUT2D eigenvalue weighted by atomic mass is 16.5. The lowest BCUT2D eigenvalue weighted by atomic mass is 9.81. The van der Waals surface area contributed by atoms with E-state index in [0.29, 0.717) is 31.5 Å². The van der Waals surface area contributed by atoms with Crippen LogP contribution in [0.2, 0.25) is 0 Å². The summed E-state index contributed by atoms with van der Waals surface area (Å²) in [6.45, 7) is 2.04. The van der Waals surface area contributed by atoms with E-state index in [9.17, 15) is 14.7 Å². The zero-order chi connectivity index (χ0) is 24.5. The van der Waals surface area contributed by atoms with E-state index in [1.165, 1.54) is 12.7 Å². The Kier molecular flexibility index (Phi) is 7.00. The number of hydrogen-bond donors (Lipinski definition) is 1. The number of carboxylic acids is 1. The first-order chi connectivity index (χ1) is 17.0. The molecule has 2 aromatic rings. The Bertz CT molecular complexity index is 1090. The van der Waals surface area contributed by atoms with Crippen LogP contribution in [0.5, 0.6) is 0 Å². The zero-order valence-corrected chi connectivity index (χ0v) is 20.9. The van der Waals surface area contributed by atoms with Crippen molar-refractivity contribution in [1.82, 2.24) is 14.5 Å². The van der Waals surface area contributed by atoms with E-state index in [1.54, 1.807) is 12.0 Å². The molecule has 8 nitrogen and oxygen atoms in total. The Labute approximate surface area is 206 Å². The number of aliphatic carboxylic acids is 1. The van der Waals surface area contributed by atoms with Crippen molar-refractivity contribution in [3.05, 3.63) is 29.1 Å². The summed E-state index contributed by atoms with van der Waals surface area (Å²) in [4.78, 5) is 31.0. The highest BCUT2D eigenvalue weighted by molar-refractivity contribution is 5.82. The van der Waals surface area contributed by atoms with Gasteiger partial charge in [0.25, 0.3) is 0 Å². The predicted octanol–water partition coefficient (Wildman–Crippen LogP) is 4.72. The second kappa shape index (κ2) is 10.2. The van der Waals surface area contributed by atoms with Crippen LogP contribution in [-0.4, -0.2) is 58.5 Å². The fraction of sp³-hybridized carbons (Fsp3) is 0.667. The van der Waals surface area contributed by atoms with Gasteiger partial charge in [-0.1, -0.05) is 12.5 Å². The van der Waals surface area contributed by atoms with Gasteiger partial charge in [0.05, 0.1) is 36.7 Å². The number of benzene rings is 1. The first kappa shape index (κ1) is 24.1. The van der Waals surface area contributed by atoms with Crippen LogP contribution in [0.4, 0.5) is 4.79 Å². The average molecular weight is 484 g/mol. The lowest BCUT2D eigenvalue weighted by molar-refractivity contribution is -0.143. The predicted molar refractivity (Wildman–Crippen MR) is 131 cm³/mol. The first-order valence-electron chi connectivity index (χ1n) is 13.1. The number of aromatic nitrogens is 2. The van der Waals surface area contributed by atoms with Gasteiger partial charge in [-0.05, 0) is 68.9 Å². The van der Waals surface area contributed by atoms with Crippen LogP contribution in [0.1, 0.15) is 74.2 Å². The Morgan fingerprint density at radius 1 is 1.11 bits per heavy atom. The van der Waals surface area contributed by atoms with Crippen LogP contribution in [0.15, 0.2) is 12.1 Å². The molecule has 5 rings (SSSR count). The van der Waals surface area contributed by atoms with Crippen molar-refractivity contribution < 1.29 is 24.2 Å². The van der Waals surface area contributed by atoms with E-state index in [2.05, 4.69) is 16.7 Å². The number of imidazole rings is 1. The smallest absolute Gasteiger partial charge is 0.409 e.